The number of ether oxygens (including phenoxy) is 1. The van der Waals surface area contributed by atoms with Gasteiger partial charge in [-0.15, -0.1) is 11.3 Å². The van der Waals surface area contributed by atoms with E-state index in [-0.39, 0.29) is 12.4 Å². The van der Waals surface area contributed by atoms with Gasteiger partial charge in [0.05, 0.1) is 28.8 Å². The first-order valence-corrected chi connectivity index (χ1v) is 15.9. The largest absolute Gasteiger partial charge is 0.487 e. The molecule has 7 rings (SSSR count). The summed E-state index contributed by atoms with van der Waals surface area (Å²) in [6.45, 7) is 3.52. The Bertz CT molecular complexity index is 1770. The Labute approximate surface area is 258 Å². The Kier molecular flexibility index (Phi) is 8.01. The molecule has 11 heteroatoms. The van der Waals surface area contributed by atoms with Crippen LogP contribution in [0.4, 0.5) is 15.9 Å². The van der Waals surface area contributed by atoms with Gasteiger partial charge >= 0.3 is 0 Å². The number of halogens is 2. The number of likely N-dealkylation sites (tertiary alicyclic amines) is 1. The molecule has 4 heterocycles. The van der Waals surface area contributed by atoms with Crippen LogP contribution in [0.5, 0.6) is 5.75 Å². The molecule has 2 aliphatic rings. The van der Waals surface area contributed by atoms with Crippen molar-refractivity contribution in [1.82, 2.24) is 24.6 Å². The van der Waals surface area contributed by atoms with Crippen molar-refractivity contribution in [3.8, 4) is 16.2 Å². The molecule has 43 heavy (non-hydrogen) atoms. The summed E-state index contributed by atoms with van der Waals surface area (Å²) in [7, 11) is 0. The second-order valence-electron chi connectivity index (χ2n) is 11.2. The van der Waals surface area contributed by atoms with Crippen molar-refractivity contribution >= 4 is 44.7 Å². The molecule has 0 bridgehead atoms. The fraction of sp³-hybridized carbons (Fsp3) is 0.344. The molecule has 3 aromatic heterocycles. The average molecular weight is 619 g/mol. The number of nitrogens with zero attached hydrogens (tertiary/aromatic N) is 5. The van der Waals surface area contributed by atoms with Crippen molar-refractivity contribution in [2.75, 3.05) is 25.0 Å². The van der Waals surface area contributed by atoms with Crippen LogP contribution in [-0.4, -0.2) is 55.5 Å². The predicted octanol–water partition coefficient (Wildman–Crippen LogP) is 6.62. The number of nitrogens with one attached hydrogen (secondary N) is 1. The maximum atomic E-state index is 13.5. The smallest absolute Gasteiger partial charge is 0.142 e. The van der Waals surface area contributed by atoms with E-state index >= 15 is 0 Å². The van der Waals surface area contributed by atoms with Gasteiger partial charge < -0.3 is 20.1 Å². The molecule has 0 spiro atoms. The van der Waals surface area contributed by atoms with Gasteiger partial charge in [-0.05, 0) is 80.2 Å². The zero-order valence-corrected chi connectivity index (χ0v) is 25.2. The van der Waals surface area contributed by atoms with Crippen LogP contribution in [-0.2, 0) is 26.0 Å². The molecular formula is C32H32ClFN6O2S. The molecular weight excluding hydrogens is 587 g/mol. The number of aromatic nitrogens is 4. The van der Waals surface area contributed by atoms with Crippen LogP contribution in [0, 0.1) is 5.82 Å². The Balaban J connectivity index is 1.09. The van der Waals surface area contributed by atoms with Gasteiger partial charge in [-0.25, -0.2) is 14.4 Å². The fourth-order valence-electron chi connectivity index (χ4n) is 6.05. The average Bonchev–Trinajstić information content (AvgIpc) is 3.59. The third kappa shape index (κ3) is 6.10. The Morgan fingerprint density at radius 3 is 2.79 bits per heavy atom. The molecule has 1 aliphatic carbocycles. The van der Waals surface area contributed by atoms with Crippen LogP contribution >= 0.6 is 22.9 Å². The van der Waals surface area contributed by atoms with Gasteiger partial charge in [-0.3, -0.25) is 4.68 Å². The van der Waals surface area contributed by atoms with Crippen LogP contribution < -0.4 is 10.1 Å². The van der Waals surface area contributed by atoms with E-state index in [2.05, 4.69) is 26.4 Å². The van der Waals surface area contributed by atoms with Crippen LogP contribution in [0.1, 0.15) is 36.1 Å². The maximum absolute atomic E-state index is 13.5. The Hall–Kier alpha value is -3.57. The molecule has 1 aliphatic heterocycles. The van der Waals surface area contributed by atoms with E-state index in [0.29, 0.717) is 23.9 Å². The second kappa shape index (κ2) is 12.2. The van der Waals surface area contributed by atoms with Gasteiger partial charge in [-0.1, -0.05) is 30.2 Å². The predicted molar refractivity (Wildman–Crippen MR) is 168 cm³/mol. The summed E-state index contributed by atoms with van der Waals surface area (Å²) in [5, 5.41) is 20.5. The number of aliphatic hydroxyl groups is 1. The minimum Gasteiger partial charge on any atom is -0.487 e. The van der Waals surface area contributed by atoms with Crippen molar-refractivity contribution in [3.63, 3.8) is 0 Å². The molecule has 0 saturated carbocycles. The lowest BCUT2D eigenvalue weighted by Crippen LogP contribution is -2.38. The van der Waals surface area contributed by atoms with E-state index in [1.54, 1.807) is 35.9 Å². The highest BCUT2D eigenvalue weighted by atomic mass is 35.5. The van der Waals surface area contributed by atoms with Gasteiger partial charge in [-0.2, -0.15) is 5.10 Å². The monoisotopic (exact) mass is 618 g/mol. The van der Waals surface area contributed by atoms with E-state index in [1.165, 1.54) is 37.0 Å². The van der Waals surface area contributed by atoms with E-state index in [4.69, 9.17) is 21.4 Å². The molecule has 222 valence electrons. The minimum atomic E-state index is -0.451. The Morgan fingerprint density at radius 2 is 1.95 bits per heavy atom. The maximum Gasteiger partial charge on any atom is 0.142 e. The molecule has 1 fully saturated rings. The number of β-amino-alcohol motifs (C(OH)–C–C–N with tert-alkyl or cyclic N) is 1. The third-order valence-electron chi connectivity index (χ3n) is 8.08. The van der Waals surface area contributed by atoms with Crippen molar-refractivity contribution in [2.45, 2.75) is 51.4 Å². The molecule has 1 atom stereocenters. The molecule has 2 aromatic carbocycles. The number of hydrogen-bond acceptors (Lipinski definition) is 8. The minimum absolute atomic E-state index is 0.216. The SMILES string of the molecule is O[C@H](CN1CCCCC1)Cn1cc2c(n1)CCc1c-2sc2ncnc(Nc3ccc(OCc4cccc(F)c4)c(Cl)c3)c12. The summed E-state index contributed by atoms with van der Waals surface area (Å²) >= 11 is 8.21. The van der Waals surface area contributed by atoms with Crippen LogP contribution in [0.25, 0.3) is 20.7 Å². The molecule has 0 unspecified atom stereocenters. The van der Waals surface area contributed by atoms with E-state index in [1.807, 2.05) is 16.8 Å². The molecule has 0 amide bonds. The van der Waals surface area contributed by atoms with Crippen molar-refractivity contribution in [3.05, 3.63) is 82.6 Å². The number of rotatable bonds is 9. The summed E-state index contributed by atoms with van der Waals surface area (Å²) in [4.78, 5) is 13.6. The first-order valence-electron chi connectivity index (χ1n) is 14.7. The zero-order chi connectivity index (χ0) is 29.3. The first kappa shape index (κ1) is 28.2. The zero-order valence-electron chi connectivity index (χ0n) is 23.6. The molecule has 8 nitrogen and oxygen atoms in total. The summed E-state index contributed by atoms with van der Waals surface area (Å²) in [5.74, 6) is 0.938. The van der Waals surface area contributed by atoms with E-state index < -0.39 is 6.10 Å². The molecule has 1 saturated heterocycles. The number of benzene rings is 2. The number of aliphatic hydroxyl groups excluding tert-OH is 1. The molecule has 2 N–H and O–H groups in total. The highest BCUT2D eigenvalue weighted by molar-refractivity contribution is 7.22. The van der Waals surface area contributed by atoms with Crippen molar-refractivity contribution < 1.29 is 14.2 Å². The number of anilines is 2. The lowest BCUT2D eigenvalue weighted by atomic mass is 9.95. The quantitative estimate of drug-likeness (QED) is 0.192. The summed E-state index contributed by atoms with van der Waals surface area (Å²) < 4.78 is 21.2. The van der Waals surface area contributed by atoms with Gasteiger partial charge in [0, 0.05) is 28.9 Å². The lowest BCUT2D eigenvalue weighted by molar-refractivity contribution is 0.0855. The van der Waals surface area contributed by atoms with E-state index in [9.17, 15) is 9.50 Å². The van der Waals surface area contributed by atoms with Crippen LogP contribution in [0.15, 0.2) is 55.0 Å². The molecule has 5 aromatic rings. The van der Waals surface area contributed by atoms with Gasteiger partial charge in [0.15, 0.2) is 0 Å². The Morgan fingerprint density at radius 1 is 1.07 bits per heavy atom. The summed E-state index contributed by atoms with van der Waals surface area (Å²) in [6.07, 6.45) is 8.56. The fourth-order valence-corrected chi connectivity index (χ4v) is 7.51. The second-order valence-corrected chi connectivity index (χ2v) is 12.6. The normalized spacial score (nSPS) is 15.7. The van der Waals surface area contributed by atoms with Crippen molar-refractivity contribution in [2.24, 2.45) is 0 Å². The first-order chi connectivity index (χ1) is 21.0. The van der Waals surface area contributed by atoms with Gasteiger partial charge in [0.2, 0.25) is 0 Å². The highest BCUT2D eigenvalue weighted by Crippen LogP contribution is 2.45. The van der Waals surface area contributed by atoms with Gasteiger partial charge in [0.1, 0.15) is 35.1 Å². The third-order valence-corrected chi connectivity index (χ3v) is 9.54. The van der Waals surface area contributed by atoms with Crippen LogP contribution in [0.3, 0.4) is 0 Å². The van der Waals surface area contributed by atoms with Gasteiger partial charge in [0.25, 0.3) is 0 Å². The lowest BCUT2D eigenvalue weighted by Gasteiger charge is -2.28. The number of piperidine rings is 1. The van der Waals surface area contributed by atoms with E-state index in [0.717, 1.165) is 69.4 Å². The highest BCUT2D eigenvalue weighted by Gasteiger charge is 2.27. The number of hydrogen-bond donors (Lipinski definition) is 2. The summed E-state index contributed by atoms with van der Waals surface area (Å²) in [5.41, 5.74) is 4.89. The van der Waals surface area contributed by atoms with Crippen molar-refractivity contribution in [1.29, 1.82) is 0 Å². The topological polar surface area (TPSA) is 88.3 Å². The standard InChI is InChI=1S/C32H32ClFN6O2S/c33-26-14-22(7-10-28(26)42-18-20-5-4-6-21(34)13-20)37-31-29-24-8-9-27-25(30(24)43-32(29)36-19-35-31)17-40(38-27)16-23(41)15-39-11-2-1-3-12-39/h4-7,10,13-14,17,19,23,41H,1-3,8-9,11-12,15-16,18H2,(H,35,36,37)/t23-/m1/s1. The number of thiophene rings is 1. The van der Waals surface area contributed by atoms with Crippen LogP contribution in [0.2, 0.25) is 5.02 Å². The number of fused-ring (bicyclic) bond motifs is 5. The summed E-state index contributed by atoms with van der Waals surface area (Å²) in [6, 6.07) is 11.8. The molecule has 0 radical (unpaired) electrons. The number of aryl methyl sites for hydroxylation is 2.